The third-order valence-electron chi connectivity index (χ3n) is 3.67. The summed E-state index contributed by atoms with van der Waals surface area (Å²) in [7, 11) is 0. The molecule has 0 aliphatic carbocycles. The number of unbranched alkanes of at least 4 members (excludes halogenated alkanes) is 2. The molecule has 1 fully saturated rings. The Balaban J connectivity index is 1.69. The van der Waals surface area contributed by atoms with Crippen LogP contribution in [0.3, 0.4) is 0 Å². The van der Waals surface area contributed by atoms with Crippen molar-refractivity contribution in [2.24, 2.45) is 0 Å². The number of alkyl halides is 3. The lowest BCUT2D eigenvalue weighted by Gasteiger charge is -2.10. The Hall–Kier alpha value is -2.05. The van der Waals surface area contributed by atoms with Crippen LogP contribution in [0.1, 0.15) is 36.8 Å². The maximum Gasteiger partial charge on any atom is 0.416 e. The second kappa shape index (κ2) is 7.48. The van der Waals surface area contributed by atoms with Gasteiger partial charge in [0.05, 0.1) is 12.1 Å². The molecule has 0 aromatic heterocycles. The highest BCUT2D eigenvalue weighted by Crippen LogP contribution is 2.29. The van der Waals surface area contributed by atoms with Crippen LogP contribution in [0.25, 0.3) is 0 Å². The number of imide groups is 1. The van der Waals surface area contributed by atoms with E-state index in [1.165, 1.54) is 6.07 Å². The van der Waals surface area contributed by atoms with Crippen molar-refractivity contribution < 1.29 is 27.5 Å². The van der Waals surface area contributed by atoms with Crippen molar-refractivity contribution in [2.45, 2.75) is 38.3 Å². The predicted molar refractivity (Wildman–Crippen MR) is 76.7 cm³/mol. The number of carbonyl (C=O) groups is 2. The monoisotopic (exact) mass is 329 g/mol. The molecule has 0 N–H and O–H groups in total. The molecule has 0 unspecified atom stereocenters. The number of ether oxygens (including phenoxy) is 1. The van der Waals surface area contributed by atoms with E-state index in [0.717, 1.165) is 17.0 Å². The van der Waals surface area contributed by atoms with E-state index in [1.807, 2.05) is 0 Å². The van der Waals surface area contributed by atoms with Crippen LogP contribution in [-0.2, 0) is 22.1 Å². The number of amides is 2. The largest absolute Gasteiger partial charge is 0.447 e. The van der Waals surface area contributed by atoms with Crippen molar-refractivity contribution >= 4 is 12.0 Å². The van der Waals surface area contributed by atoms with Gasteiger partial charge in [0, 0.05) is 6.42 Å². The number of hydrogen-bond donors (Lipinski definition) is 0. The lowest BCUT2D eigenvalue weighted by molar-refractivity contribution is -0.137. The summed E-state index contributed by atoms with van der Waals surface area (Å²) in [5.74, 6) is -0.258. The van der Waals surface area contributed by atoms with Gasteiger partial charge in [-0.2, -0.15) is 13.2 Å². The third-order valence-corrected chi connectivity index (χ3v) is 3.67. The summed E-state index contributed by atoms with van der Waals surface area (Å²) in [6, 6.07) is 5.28. The number of nitrogens with zero attached hydrogens (tertiary/aromatic N) is 1. The van der Waals surface area contributed by atoms with Crippen LogP contribution in [0.15, 0.2) is 24.3 Å². The Morgan fingerprint density at radius 1 is 1.22 bits per heavy atom. The Morgan fingerprint density at radius 3 is 2.65 bits per heavy atom. The van der Waals surface area contributed by atoms with Crippen LogP contribution in [0, 0.1) is 0 Å². The molecule has 2 rings (SSSR count). The van der Waals surface area contributed by atoms with Crippen LogP contribution >= 0.6 is 0 Å². The van der Waals surface area contributed by atoms with Crippen molar-refractivity contribution in [3.05, 3.63) is 35.4 Å². The summed E-state index contributed by atoms with van der Waals surface area (Å²) in [6.45, 7) is 0.530. The quantitative estimate of drug-likeness (QED) is 0.746. The van der Waals surface area contributed by atoms with Gasteiger partial charge in [0.2, 0.25) is 5.91 Å². The molecular formula is C16H18F3NO3. The maximum absolute atomic E-state index is 12.6. The van der Waals surface area contributed by atoms with Crippen molar-refractivity contribution in [1.82, 2.24) is 4.90 Å². The first-order valence-corrected chi connectivity index (χ1v) is 7.51. The van der Waals surface area contributed by atoms with Crippen molar-refractivity contribution in [2.75, 3.05) is 13.2 Å². The molecule has 23 heavy (non-hydrogen) atoms. The van der Waals surface area contributed by atoms with Gasteiger partial charge in [0.25, 0.3) is 0 Å². The van der Waals surface area contributed by atoms with E-state index in [2.05, 4.69) is 4.74 Å². The van der Waals surface area contributed by atoms with Gasteiger partial charge in [-0.25, -0.2) is 9.69 Å². The fraction of sp³-hybridized carbons (Fsp3) is 0.500. The van der Waals surface area contributed by atoms with Crippen LogP contribution in [0.5, 0.6) is 0 Å². The molecule has 1 aliphatic rings. The third kappa shape index (κ3) is 4.97. The minimum Gasteiger partial charge on any atom is -0.447 e. The first-order chi connectivity index (χ1) is 10.9. The SMILES string of the molecule is O=C(CCCCCc1cccc(C(F)(F)F)c1)N1CCOC1=O. The second-order valence-electron chi connectivity index (χ2n) is 5.42. The van der Waals surface area contributed by atoms with Crippen molar-refractivity contribution in [1.29, 1.82) is 0 Å². The molecule has 1 saturated heterocycles. The molecule has 0 saturated carbocycles. The number of hydrogen-bond acceptors (Lipinski definition) is 3. The minimum atomic E-state index is -4.33. The highest BCUT2D eigenvalue weighted by Gasteiger charge is 2.30. The topological polar surface area (TPSA) is 46.6 Å². The highest BCUT2D eigenvalue weighted by molar-refractivity contribution is 5.92. The standard InChI is InChI=1S/C16H18F3NO3/c17-16(18,19)13-7-4-6-12(11-13)5-2-1-3-8-14(21)20-9-10-23-15(20)22/h4,6-7,11H,1-3,5,8-10H2. The minimum absolute atomic E-state index is 0.236. The van der Waals surface area contributed by atoms with Gasteiger partial charge in [-0.3, -0.25) is 4.79 Å². The predicted octanol–water partition coefficient (Wildman–Crippen LogP) is 3.79. The molecule has 1 aromatic rings. The molecule has 1 aromatic carbocycles. The van der Waals surface area contributed by atoms with E-state index in [-0.39, 0.29) is 18.9 Å². The van der Waals surface area contributed by atoms with E-state index in [4.69, 9.17) is 0 Å². The van der Waals surface area contributed by atoms with Gasteiger partial charge in [0.15, 0.2) is 0 Å². The molecule has 2 amide bonds. The van der Waals surface area contributed by atoms with Crippen LogP contribution in [-0.4, -0.2) is 30.1 Å². The molecular weight excluding hydrogens is 311 g/mol. The first kappa shape index (κ1) is 17.3. The maximum atomic E-state index is 12.6. The number of benzene rings is 1. The van der Waals surface area contributed by atoms with Crippen molar-refractivity contribution in [3.8, 4) is 0 Å². The van der Waals surface area contributed by atoms with E-state index >= 15 is 0 Å². The lowest BCUT2D eigenvalue weighted by Crippen LogP contribution is -2.31. The molecule has 126 valence electrons. The zero-order chi connectivity index (χ0) is 16.9. The Bertz CT molecular complexity index is 572. The molecule has 4 nitrogen and oxygen atoms in total. The van der Waals surface area contributed by atoms with Gasteiger partial charge in [0.1, 0.15) is 6.61 Å². The Morgan fingerprint density at radius 2 is 2.00 bits per heavy atom. The number of rotatable bonds is 6. The summed E-state index contributed by atoms with van der Waals surface area (Å²) >= 11 is 0. The fourth-order valence-corrected chi connectivity index (χ4v) is 2.44. The first-order valence-electron chi connectivity index (χ1n) is 7.51. The summed E-state index contributed by atoms with van der Waals surface area (Å²) < 4.78 is 42.5. The molecule has 7 heteroatoms. The van der Waals surface area contributed by atoms with Gasteiger partial charge in [-0.05, 0) is 30.9 Å². The zero-order valence-electron chi connectivity index (χ0n) is 12.6. The van der Waals surface area contributed by atoms with E-state index < -0.39 is 17.8 Å². The molecule has 0 bridgehead atoms. The van der Waals surface area contributed by atoms with E-state index in [1.54, 1.807) is 6.07 Å². The van der Waals surface area contributed by atoms with Gasteiger partial charge in [-0.15, -0.1) is 0 Å². The van der Waals surface area contributed by atoms with Crippen LogP contribution in [0.2, 0.25) is 0 Å². The number of aryl methyl sites for hydroxylation is 1. The zero-order valence-corrected chi connectivity index (χ0v) is 12.6. The Kier molecular flexibility index (Phi) is 5.63. The summed E-state index contributed by atoms with van der Waals surface area (Å²) in [4.78, 5) is 24.0. The van der Waals surface area contributed by atoms with E-state index in [0.29, 0.717) is 37.8 Å². The summed E-state index contributed by atoms with van der Waals surface area (Å²) in [5, 5.41) is 0. The summed E-state index contributed by atoms with van der Waals surface area (Å²) in [5.41, 5.74) is -0.00741. The number of halogens is 3. The average molecular weight is 329 g/mol. The average Bonchev–Trinajstić information content (AvgIpc) is 2.92. The Labute approximate surface area is 132 Å². The summed E-state index contributed by atoms with van der Waals surface area (Å²) in [6.07, 6.45) is -2.14. The van der Waals surface area contributed by atoms with E-state index in [9.17, 15) is 22.8 Å². The second-order valence-corrected chi connectivity index (χ2v) is 5.42. The molecule has 0 atom stereocenters. The van der Waals surface area contributed by atoms with Crippen LogP contribution < -0.4 is 0 Å². The molecule has 0 spiro atoms. The normalized spacial score (nSPS) is 14.9. The van der Waals surface area contributed by atoms with Gasteiger partial charge >= 0.3 is 12.3 Å². The highest BCUT2D eigenvalue weighted by atomic mass is 19.4. The van der Waals surface area contributed by atoms with Gasteiger partial charge < -0.3 is 4.74 Å². The molecule has 1 aliphatic heterocycles. The van der Waals surface area contributed by atoms with Crippen molar-refractivity contribution in [3.63, 3.8) is 0 Å². The fourth-order valence-electron chi connectivity index (χ4n) is 2.44. The van der Waals surface area contributed by atoms with Crippen LogP contribution in [0.4, 0.5) is 18.0 Å². The molecule has 0 radical (unpaired) electrons. The number of carbonyl (C=O) groups excluding carboxylic acids is 2. The number of cyclic esters (lactones) is 1. The lowest BCUT2D eigenvalue weighted by atomic mass is 10.0. The molecule has 1 heterocycles. The smallest absolute Gasteiger partial charge is 0.416 e. The van der Waals surface area contributed by atoms with Gasteiger partial charge in [-0.1, -0.05) is 24.6 Å².